The Morgan fingerprint density at radius 3 is 2.50 bits per heavy atom. The van der Waals surface area contributed by atoms with Crippen LogP contribution in [-0.2, 0) is 16.0 Å². The van der Waals surface area contributed by atoms with Gasteiger partial charge in [0.15, 0.2) is 11.0 Å². The van der Waals surface area contributed by atoms with Crippen LogP contribution in [0, 0.1) is 0 Å². The van der Waals surface area contributed by atoms with E-state index in [9.17, 15) is 9.59 Å². The molecule has 2 aromatic rings. The molecule has 0 radical (unpaired) electrons. The summed E-state index contributed by atoms with van der Waals surface area (Å²) in [7, 11) is 0. The Kier molecular flexibility index (Phi) is 5.94. The lowest BCUT2D eigenvalue weighted by atomic mass is 10.1. The van der Waals surface area contributed by atoms with Crippen molar-refractivity contribution in [2.45, 2.75) is 27.2 Å². The third kappa shape index (κ3) is 3.71. The van der Waals surface area contributed by atoms with Crippen LogP contribution in [0.3, 0.4) is 0 Å². The molecule has 0 spiro atoms. The molecule has 1 saturated heterocycles. The first-order valence-electron chi connectivity index (χ1n) is 9.34. The van der Waals surface area contributed by atoms with E-state index in [2.05, 4.69) is 5.32 Å². The van der Waals surface area contributed by atoms with E-state index in [0.717, 1.165) is 25.1 Å². The fourth-order valence-corrected chi connectivity index (χ4v) is 3.45. The second-order valence-electron chi connectivity index (χ2n) is 6.29. The van der Waals surface area contributed by atoms with Gasteiger partial charge in [-0.05, 0) is 56.3 Å². The van der Waals surface area contributed by atoms with Crippen LogP contribution in [0.5, 0.6) is 0 Å². The first kappa shape index (κ1) is 19.8. The summed E-state index contributed by atoms with van der Waals surface area (Å²) < 4.78 is 5.81. The molecule has 28 heavy (non-hydrogen) atoms. The van der Waals surface area contributed by atoms with Gasteiger partial charge in [0.1, 0.15) is 11.3 Å². The van der Waals surface area contributed by atoms with Crippen molar-refractivity contribution in [2.24, 2.45) is 0 Å². The van der Waals surface area contributed by atoms with Crippen LogP contribution in [0.4, 0.5) is 11.6 Å². The van der Waals surface area contributed by atoms with E-state index in [1.807, 2.05) is 56.0 Å². The van der Waals surface area contributed by atoms with Gasteiger partial charge in [-0.1, -0.05) is 25.1 Å². The number of benzene rings is 1. The lowest BCUT2D eigenvalue weighted by Crippen LogP contribution is -2.54. The quantitative estimate of drug-likeness (QED) is 0.459. The molecule has 1 aliphatic heterocycles. The standard InChI is InChI=1S/C21H23N3O3S/c1-4-14-9-7-8-10-17(14)24-20(26)16(19(25)22-21(24)28)13-15-11-12-18(27-15)23(5-2)6-3/h7-13H,4-6H2,1-3H3,(H,22,25,28)/b16-13-. The van der Waals surface area contributed by atoms with Gasteiger partial charge < -0.3 is 9.32 Å². The SMILES string of the molecule is CCc1ccccc1N1C(=O)/C(=C\c2ccc(N(CC)CC)o2)C(=O)NC1=S. The number of thiocarbonyl (C=S) groups is 1. The van der Waals surface area contributed by atoms with E-state index >= 15 is 0 Å². The van der Waals surface area contributed by atoms with Gasteiger partial charge in [-0.15, -0.1) is 0 Å². The number of hydrogen-bond donors (Lipinski definition) is 1. The van der Waals surface area contributed by atoms with Crippen LogP contribution in [0.2, 0.25) is 0 Å². The summed E-state index contributed by atoms with van der Waals surface area (Å²) in [6.45, 7) is 7.67. The number of hydrogen-bond acceptors (Lipinski definition) is 5. The highest BCUT2D eigenvalue weighted by molar-refractivity contribution is 7.80. The largest absolute Gasteiger partial charge is 0.441 e. The molecular weight excluding hydrogens is 374 g/mol. The molecule has 1 aliphatic rings. The van der Waals surface area contributed by atoms with Gasteiger partial charge in [0.05, 0.1) is 5.69 Å². The first-order chi connectivity index (χ1) is 13.5. The maximum absolute atomic E-state index is 13.1. The lowest BCUT2D eigenvalue weighted by molar-refractivity contribution is -0.122. The summed E-state index contributed by atoms with van der Waals surface area (Å²) in [6, 6.07) is 11.1. The normalized spacial score (nSPS) is 15.9. The maximum Gasteiger partial charge on any atom is 0.270 e. The van der Waals surface area contributed by atoms with E-state index in [4.69, 9.17) is 16.6 Å². The Morgan fingerprint density at radius 1 is 1.11 bits per heavy atom. The topological polar surface area (TPSA) is 65.8 Å². The van der Waals surface area contributed by atoms with E-state index in [1.165, 1.54) is 11.0 Å². The predicted octanol–water partition coefficient (Wildman–Crippen LogP) is 3.52. The van der Waals surface area contributed by atoms with Crippen LogP contribution < -0.4 is 15.1 Å². The van der Waals surface area contributed by atoms with Crippen molar-refractivity contribution in [1.82, 2.24) is 5.32 Å². The molecule has 1 aromatic heterocycles. The third-order valence-corrected chi connectivity index (χ3v) is 4.97. The minimum atomic E-state index is -0.527. The Bertz CT molecular complexity index is 944. The molecule has 0 atom stereocenters. The number of carbonyl (C=O) groups is 2. The molecule has 0 saturated carbocycles. The zero-order valence-corrected chi connectivity index (χ0v) is 17.0. The number of carbonyl (C=O) groups excluding carboxylic acids is 2. The number of amides is 2. The van der Waals surface area contributed by atoms with Crippen molar-refractivity contribution >= 4 is 46.8 Å². The number of nitrogens with one attached hydrogen (secondary N) is 1. The van der Waals surface area contributed by atoms with Crippen molar-refractivity contribution in [3.8, 4) is 0 Å². The van der Waals surface area contributed by atoms with E-state index < -0.39 is 11.8 Å². The molecule has 0 aliphatic carbocycles. The van der Waals surface area contributed by atoms with Gasteiger partial charge in [-0.2, -0.15) is 0 Å². The molecule has 1 N–H and O–H groups in total. The molecule has 2 amide bonds. The molecule has 0 unspecified atom stereocenters. The highest BCUT2D eigenvalue weighted by atomic mass is 32.1. The highest BCUT2D eigenvalue weighted by Gasteiger charge is 2.35. The number of rotatable bonds is 6. The van der Waals surface area contributed by atoms with Crippen molar-refractivity contribution < 1.29 is 14.0 Å². The second-order valence-corrected chi connectivity index (χ2v) is 6.68. The number of anilines is 2. The van der Waals surface area contributed by atoms with Gasteiger partial charge in [0, 0.05) is 19.2 Å². The zero-order valence-electron chi connectivity index (χ0n) is 16.2. The summed E-state index contributed by atoms with van der Waals surface area (Å²) >= 11 is 5.27. The highest BCUT2D eigenvalue weighted by Crippen LogP contribution is 2.27. The van der Waals surface area contributed by atoms with Gasteiger partial charge in [0.25, 0.3) is 11.8 Å². The van der Waals surface area contributed by atoms with E-state index in [0.29, 0.717) is 17.3 Å². The fraction of sp³-hybridized carbons (Fsp3) is 0.286. The summed E-state index contributed by atoms with van der Waals surface area (Å²) in [5.74, 6) is 0.151. The van der Waals surface area contributed by atoms with Crippen LogP contribution in [0.25, 0.3) is 6.08 Å². The van der Waals surface area contributed by atoms with Gasteiger partial charge in [0.2, 0.25) is 0 Å². The summed E-state index contributed by atoms with van der Waals surface area (Å²) in [5, 5.41) is 2.69. The second kappa shape index (κ2) is 8.39. The molecule has 6 nitrogen and oxygen atoms in total. The number of nitrogens with zero attached hydrogens (tertiary/aromatic N) is 2. The fourth-order valence-electron chi connectivity index (χ4n) is 3.17. The number of furan rings is 1. The zero-order chi connectivity index (χ0) is 20.3. The smallest absolute Gasteiger partial charge is 0.270 e. The van der Waals surface area contributed by atoms with Crippen LogP contribution in [0.1, 0.15) is 32.1 Å². The average Bonchev–Trinajstić information content (AvgIpc) is 3.15. The molecule has 2 heterocycles. The minimum absolute atomic E-state index is 0.0139. The van der Waals surface area contributed by atoms with E-state index in [-0.39, 0.29) is 10.7 Å². The maximum atomic E-state index is 13.1. The third-order valence-electron chi connectivity index (χ3n) is 4.69. The molecule has 7 heteroatoms. The van der Waals surface area contributed by atoms with Crippen molar-refractivity contribution in [2.75, 3.05) is 22.9 Å². The molecule has 0 bridgehead atoms. The Hall–Kier alpha value is -2.93. The summed E-state index contributed by atoms with van der Waals surface area (Å²) in [5.41, 5.74) is 1.63. The van der Waals surface area contributed by atoms with Gasteiger partial charge in [-0.3, -0.25) is 19.8 Å². The van der Waals surface area contributed by atoms with E-state index in [1.54, 1.807) is 6.07 Å². The van der Waals surface area contributed by atoms with Crippen molar-refractivity contribution in [3.05, 3.63) is 53.3 Å². The van der Waals surface area contributed by atoms with Crippen molar-refractivity contribution in [1.29, 1.82) is 0 Å². The number of para-hydroxylation sites is 1. The molecule has 3 rings (SSSR count). The Labute approximate surface area is 169 Å². The predicted molar refractivity (Wildman–Crippen MR) is 114 cm³/mol. The van der Waals surface area contributed by atoms with Crippen LogP contribution >= 0.6 is 12.2 Å². The number of aryl methyl sites for hydroxylation is 1. The van der Waals surface area contributed by atoms with Gasteiger partial charge >= 0.3 is 0 Å². The Morgan fingerprint density at radius 2 is 1.82 bits per heavy atom. The van der Waals surface area contributed by atoms with Crippen molar-refractivity contribution in [3.63, 3.8) is 0 Å². The van der Waals surface area contributed by atoms with Crippen LogP contribution in [0.15, 0.2) is 46.4 Å². The molecule has 1 fully saturated rings. The molecule has 1 aromatic carbocycles. The first-order valence-corrected chi connectivity index (χ1v) is 9.75. The summed E-state index contributed by atoms with van der Waals surface area (Å²) in [6.07, 6.45) is 2.20. The summed E-state index contributed by atoms with van der Waals surface area (Å²) in [4.78, 5) is 29.0. The molecule has 146 valence electrons. The Balaban J connectivity index is 1.97. The van der Waals surface area contributed by atoms with Crippen LogP contribution in [-0.4, -0.2) is 30.0 Å². The monoisotopic (exact) mass is 397 g/mol. The lowest BCUT2D eigenvalue weighted by Gasteiger charge is -2.30. The van der Waals surface area contributed by atoms with Gasteiger partial charge in [-0.25, -0.2) is 0 Å². The minimum Gasteiger partial charge on any atom is -0.441 e. The average molecular weight is 398 g/mol. The molecular formula is C21H23N3O3S.